The fourth-order valence-corrected chi connectivity index (χ4v) is 4.54. The number of rotatable bonds is 4. The van der Waals surface area contributed by atoms with E-state index in [1.807, 2.05) is 24.3 Å². The van der Waals surface area contributed by atoms with Crippen molar-refractivity contribution in [2.45, 2.75) is 12.8 Å². The Morgan fingerprint density at radius 3 is 2.73 bits per heavy atom. The van der Waals surface area contributed by atoms with Crippen molar-refractivity contribution in [2.24, 2.45) is 5.41 Å². The van der Waals surface area contributed by atoms with E-state index >= 15 is 0 Å². The minimum atomic E-state index is -0.263. The molecule has 0 saturated carbocycles. The summed E-state index contributed by atoms with van der Waals surface area (Å²) in [4.78, 5) is 32.5. The van der Waals surface area contributed by atoms with E-state index in [-0.39, 0.29) is 11.9 Å². The molecule has 0 atom stereocenters. The fourth-order valence-electron chi connectivity index (χ4n) is 4.54. The molecular weight excluding hydrogens is 418 g/mol. The van der Waals surface area contributed by atoms with Gasteiger partial charge in [0.15, 0.2) is 12.2 Å². The van der Waals surface area contributed by atoms with E-state index in [2.05, 4.69) is 35.5 Å². The van der Waals surface area contributed by atoms with Gasteiger partial charge >= 0.3 is 0 Å². The highest BCUT2D eigenvalue weighted by Gasteiger charge is 2.39. The molecule has 6 rings (SSSR count). The minimum absolute atomic E-state index is 0.248. The number of carbonyl (C=O) groups is 1. The number of aromatic nitrogens is 4. The summed E-state index contributed by atoms with van der Waals surface area (Å²) >= 11 is 0. The lowest BCUT2D eigenvalue weighted by molar-refractivity contribution is 0.102. The minimum Gasteiger partial charge on any atom is -0.444 e. The van der Waals surface area contributed by atoms with Crippen LogP contribution in [0.3, 0.4) is 0 Å². The van der Waals surface area contributed by atoms with Crippen molar-refractivity contribution >= 4 is 28.6 Å². The first-order valence-corrected chi connectivity index (χ1v) is 11.1. The molecule has 2 saturated heterocycles. The average Bonchev–Trinajstić information content (AvgIpc) is 3.38. The van der Waals surface area contributed by atoms with Gasteiger partial charge in [0.05, 0.1) is 11.7 Å². The van der Waals surface area contributed by atoms with Gasteiger partial charge in [0, 0.05) is 55.1 Å². The van der Waals surface area contributed by atoms with Crippen molar-refractivity contribution in [3.63, 3.8) is 0 Å². The van der Waals surface area contributed by atoms with Gasteiger partial charge in [0.2, 0.25) is 5.95 Å². The number of benzene rings is 1. The standard InChI is InChI=1S/C24H23N7O2/c32-22(17-3-6-27-21(10-17)31-7-4-24(5-8-31)13-26-14-24)30-23-28-11-18-2-1-16(9-19(18)29-23)20-12-25-15-33-20/h1-3,6,9-12,15,26H,4-5,7-8,13-14H2,(H,28,29,30,32). The Kier molecular flexibility index (Phi) is 4.76. The maximum absolute atomic E-state index is 12.9. The highest BCUT2D eigenvalue weighted by atomic mass is 16.3. The number of fused-ring (bicyclic) bond motifs is 1. The quantitative estimate of drug-likeness (QED) is 0.497. The number of anilines is 2. The molecule has 9 nitrogen and oxygen atoms in total. The summed E-state index contributed by atoms with van der Waals surface area (Å²) in [7, 11) is 0. The maximum atomic E-state index is 12.9. The molecule has 2 N–H and O–H groups in total. The second-order valence-electron chi connectivity index (χ2n) is 8.78. The van der Waals surface area contributed by atoms with Crippen LogP contribution >= 0.6 is 0 Å². The summed E-state index contributed by atoms with van der Waals surface area (Å²) in [5.41, 5.74) is 2.56. The van der Waals surface area contributed by atoms with Gasteiger partial charge in [-0.2, -0.15) is 0 Å². The van der Waals surface area contributed by atoms with E-state index in [0.29, 0.717) is 22.3 Å². The lowest BCUT2D eigenvalue weighted by Crippen LogP contribution is -2.58. The van der Waals surface area contributed by atoms with Crippen LogP contribution in [0.2, 0.25) is 0 Å². The molecule has 1 aromatic carbocycles. The molecule has 9 heteroatoms. The van der Waals surface area contributed by atoms with Crippen LogP contribution in [0.25, 0.3) is 22.2 Å². The molecule has 5 heterocycles. The van der Waals surface area contributed by atoms with Crippen LogP contribution in [0, 0.1) is 5.41 Å². The third kappa shape index (κ3) is 3.80. The van der Waals surface area contributed by atoms with Gasteiger partial charge in [0.1, 0.15) is 5.82 Å². The molecule has 0 unspecified atom stereocenters. The first-order chi connectivity index (χ1) is 16.2. The molecule has 166 valence electrons. The maximum Gasteiger partial charge on any atom is 0.258 e. The zero-order valence-corrected chi connectivity index (χ0v) is 18.0. The van der Waals surface area contributed by atoms with E-state index in [1.165, 1.54) is 6.39 Å². The van der Waals surface area contributed by atoms with Gasteiger partial charge in [0.25, 0.3) is 5.91 Å². The molecule has 2 aliphatic heterocycles. The molecule has 33 heavy (non-hydrogen) atoms. The number of nitrogens with one attached hydrogen (secondary N) is 2. The second-order valence-corrected chi connectivity index (χ2v) is 8.78. The van der Waals surface area contributed by atoms with Gasteiger partial charge in [-0.15, -0.1) is 0 Å². The van der Waals surface area contributed by atoms with Crippen LogP contribution in [0.15, 0.2) is 59.7 Å². The molecule has 1 amide bonds. The number of piperidine rings is 1. The Bertz CT molecular complexity index is 1310. The van der Waals surface area contributed by atoms with Crippen molar-refractivity contribution in [1.82, 2.24) is 25.3 Å². The van der Waals surface area contributed by atoms with Crippen LogP contribution in [-0.4, -0.2) is 52.0 Å². The van der Waals surface area contributed by atoms with Crippen LogP contribution in [0.5, 0.6) is 0 Å². The topological polar surface area (TPSA) is 109 Å². The van der Waals surface area contributed by atoms with Gasteiger partial charge in [-0.25, -0.2) is 19.9 Å². The molecular formula is C24H23N7O2. The average molecular weight is 441 g/mol. The van der Waals surface area contributed by atoms with Gasteiger partial charge < -0.3 is 14.6 Å². The SMILES string of the molecule is O=C(Nc1ncc2ccc(-c3cnco3)cc2n1)c1ccnc(N2CCC3(CC2)CNC3)c1. The second kappa shape index (κ2) is 7.93. The predicted molar refractivity (Wildman–Crippen MR) is 124 cm³/mol. The van der Waals surface area contributed by atoms with E-state index in [4.69, 9.17) is 4.42 Å². The summed E-state index contributed by atoms with van der Waals surface area (Å²) in [5, 5.41) is 7.07. The zero-order valence-electron chi connectivity index (χ0n) is 18.0. The van der Waals surface area contributed by atoms with Crippen LogP contribution in [0.1, 0.15) is 23.2 Å². The number of nitrogens with zero attached hydrogens (tertiary/aromatic N) is 5. The molecule has 2 aliphatic rings. The third-order valence-corrected chi connectivity index (χ3v) is 6.68. The molecule has 0 aliphatic carbocycles. The van der Waals surface area contributed by atoms with Crippen molar-refractivity contribution < 1.29 is 9.21 Å². The number of hydrogen-bond donors (Lipinski definition) is 2. The number of amides is 1. The molecule has 0 bridgehead atoms. The lowest BCUT2D eigenvalue weighted by Gasteiger charge is -2.48. The first-order valence-electron chi connectivity index (χ1n) is 11.1. The van der Waals surface area contributed by atoms with Crippen molar-refractivity contribution in [3.8, 4) is 11.3 Å². The third-order valence-electron chi connectivity index (χ3n) is 6.68. The van der Waals surface area contributed by atoms with Crippen LogP contribution in [0.4, 0.5) is 11.8 Å². The summed E-state index contributed by atoms with van der Waals surface area (Å²) in [6, 6.07) is 9.28. The number of hydrogen-bond acceptors (Lipinski definition) is 8. The Balaban J connectivity index is 1.19. The van der Waals surface area contributed by atoms with Crippen molar-refractivity contribution in [1.29, 1.82) is 0 Å². The Labute approximate surface area is 190 Å². The summed E-state index contributed by atoms with van der Waals surface area (Å²) in [6.07, 6.45) is 8.72. The smallest absolute Gasteiger partial charge is 0.258 e. The zero-order chi connectivity index (χ0) is 22.3. The number of pyridine rings is 1. The summed E-state index contributed by atoms with van der Waals surface area (Å²) in [6.45, 7) is 4.15. The Morgan fingerprint density at radius 2 is 1.97 bits per heavy atom. The number of oxazole rings is 1. The largest absolute Gasteiger partial charge is 0.444 e. The van der Waals surface area contributed by atoms with Gasteiger partial charge in [-0.1, -0.05) is 12.1 Å². The van der Waals surface area contributed by atoms with Gasteiger partial charge in [-0.05, 0) is 36.5 Å². The monoisotopic (exact) mass is 441 g/mol. The van der Waals surface area contributed by atoms with E-state index in [0.717, 1.165) is 55.8 Å². The summed E-state index contributed by atoms with van der Waals surface area (Å²) < 4.78 is 5.37. The molecule has 2 fully saturated rings. The van der Waals surface area contributed by atoms with Gasteiger partial charge in [-0.3, -0.25) is 10.1 Å². The first kappa shape index (κ1) is 19.8. The molecule has 4 aromatic rings. The van der Waals surface area contributed by atoms with E-state index in [1.54, 1.807) is 24.7 Å². The molecule has 1 spiro atoms. The normalized spacial score (nSPS) is 17.2. The Hall–Kier alpha value is -3.85. The van der Waals surface area contributed by atoms with Crippen LogP contribution < -0.4 is 15.5 Å². The highest BCUT2D eigenvalue weighted by molar-refractivity contribution is 6.04. The van der Waals surface area contributed by atoms with Crippen LogP contribution in [-0.2, 0) is 0 Å². The molecule has 3 aromatic heterocycles. The lowest BCUT2D eigenvalue weighted by atomic mass is 9.73. The van der Waals surface area contributed by atoms with E-state index < -0.39 is 0 Å². The van der Waals surface area contributed by atoms with E-state index in [9.17, 15) is 4.79 Å². The van der Waals surface area contributed by atoms with Crippen molar-refractivity contribution in [3.05, 3.63) is 60.9 Å². The number of carbonyl (C=O) groups excluding carboxylic acids is 1. The summed E-state index contributed by atoms with van der Waals surface area (Å²) in [5.74, 6) is 1.47. The highest BCUT2D eigenvalue weighted by Crippen LogP contribution is 2.36. The van der Waals surface area contributed by atoms with Crippen molar-refractivity contribution in [2.75, 3.05) is 36.4 Å². The molecule has 0 radical (unpaired) electrons. The Morgan fingerprint density at radius 1 is 1.09 bits per heavy atom. The fraction of sp³-hybridized carbons (Fsp3) is 0.292. The predicted octanol–water partition coefficient (Wildman–Crippen LogP) is 3.12.